The van der Waals surface area contributed by atoms with E-state index in [4.69, 9.17) is 21.1 Å². The highest BCUT2D eigenvalue weighted by atomic mass is 35.5. The fourth-order valence-electron chi connectivity index (χ4n) is 3.83. The van der Waals surface area contributed by atoms with Crippen LogP contribution >= 0.6 is 11.6 Å². The number of nitrogens with one attached hydrogen (secondary N) is 2. The minimum atomic E-state index is -4.78. The molecule has 2 amide bonds. The minimum absolute atomic E-state index is 0.0192. The van der Waals surface area contributed by atoms with Gasteiger partial charge in [-0.25, -0.2) is 15.4 Å². The average Bonchev–Trinajstić information content (AvgIpc) is 2.81. The van der Waals surface area contributed by atoms with Crippen LogP contribution in [0.3, 0.4) is 0 Å². The molecule has 0 bridgehead atoms. The first kappa shape index (κ1) is 27.3. The van der Waals surface area contributed by atoms with Gasteiger partial charge >= 0.3 is 6.18 Å². The van der Waals surface area contributed by atoms with Gasteiger partial charge in [-0.3, -0.25) is 15.0 Å². The van der Waals surface area contributed by atoms with Gasteiger partial charge < -0.3 is 24.4 Å². The van der Waals surface area contributed by atoms with Gasteiger partial charge in [0.2, 0.25) is 17.8 Å². The van der Waals surface area contributed by atoms with E-state index in [1.54, 1.807) is 4.90 Å². The Morgan fingerprint density at radius 3 is 2.57 bits per heavy atom. The van der Waals surface area contributed by atoms with Gasteiger partial charge in [0.25, 0.3) is 0 Å². The number of hydrogen-bond donors (Lipinski definition) is 3. The van der Waals surface area contributed by atoms with Crippen LogP contribution in [0.25, 0.3) is 0 Å². The van der Waals surface area contributed by atoms with Crippen molar-refractivity contribution in [3.8, 4) is 0 Å². The zero-order chi connectivity index (χ0) is 25.4. The summed E-state index contributed by atoms with van der Waals surface area (Å²) < 4.78 is 50.8. The fraction of sp³-hybridized carbons (Fsp3) is 0.700. The summed E-state index contributed by atoms with van der Waals surface area (Å²) in [5, 5.41) is 9.68. The molecular weight excluding hydrogens is 497 g/mol. The summed E-state index contributed by atoms with van der Waals surface area (Å²) in [5.74, 6) is -3.14. The Morgan fingerprint density at radius 2 is 1.94 bits per heavy atom. The third-order valence-electron chi connectivity index (χ3n) is 5.63. The van der Waals surface area contributed by atoms with Gasteiger partial charge in [0.1, 0.15) is 0 Å². The van der Waals surface area contributed by atoms with Gasteiger partial charge in [0, 0.05) is 39.3 Å². The summed E-state index contributed by atoms with van der Waals surface area (Å²) in [4.78, 5) is 36.1. The van der Waals surface area contributed by atoms with Crippen molar-refractivity contribution in [1.82, 2.24) is 25.7 Å². The van der Waals surface area contributed by atoms with E-state index in [9.17, 15) is 27.9 Å². The van der Waals surface area contributed by atoms with Gasteiger partial charge in [-0.15, -0.1) is 0 Å². The maximum absolute atomic E-state index is 13.3. The maximum atomic E-state index is 13.3. The van der Waals surface area contributed by atoms with E-state index < -0.39 is 30.2 Å². The van der Waals surface area contributed by atoms with Crippen molar-refractivity contribution in [2.45, 2.75) is 31.2 Å². The van der Waals surface area contributed by atoms with Gasteiger partial charge in [-0.05, 0) is 6.42 Å². The van der Waals surface area contributed by atoms with Crippen LogP contribution in [-0.2, 0) is 19.1 Å². The molecule has 2 unspecified atom stereocenters. The van der Waals surface area contributed by atoms with Crippen molar-refractivity contribution in [2.75, 3.05) is 57.4 Å². The van der Waals surface area contributed by atoms with E-state index in [0.717, 1.165) is 0 Å². The number of ether oxygens (including phenoxy) is 2. The summed E-state index contributed by atoms with van der Waals surface area (Å²) in [6.45, 7) is 1.41. The van der Waals surface area contributed by atoms with Crippen molar-refractivity contribution in [1.29, 1.82) is 0 Å². The molecule has 2 aliphatic heterocycles. The molecule has 35 heavy (non-hydrogen) atoms. The van der Waals surface area contributed by atoms with Crippen LogP contribution in [0, 0.1) is 5.92 Å². The Balaban J connectivity index is 1.40. The third-order valence-corrected chi connectivity index (χ3v) is 5.82. The predicted molar refractivity (Wildman–Crippen MR) is 117 cm³/mol. The quantitative estimate of drug-likeness (QED) is 0.366. The van der Waals surface area contributed by atoms with Crippen LogP contribution < -0.4 is 15.8 Å². The molecule has 0 saturated carbocycles. The van der Waals surface area contributed by atoms with Crippen molar-refractivity contribution >= 4 is 29.4 Å². The third kappa shape index (κ3) is 7.87. The zero-order valence-electron chi connectivity index (χ0n) is 18.8. The number of hydrazine groups is 1. The molecule has 15 heteroatoms. The molecule has 3 heterocycles. The number of aromatic nitrogens is 2. The number of hydrogen-bond acceptors (Lipinski definition) is 9. The largest absolute Gasteiger partial charge is 0.403 e. The van der Waals surface area contributed by atoms with E-state index in [0.29, 0.717) is 37.1 Å². The highest BCUT2D eigenvalue weighted by Crippen LogP contribution is 2.32. The van der Waals surface area contributed by atoms with Gasteiger partial charge in [0.05, 0.1) is 49.3 Å². The van der Waals surface area contributed by atoms with Crippen LogP contribution in [0.1, 0.15) is 12.8 Å². The molecule has 0 radical (unpaired) electrons. The first-order valence-electron chi connectivity index (χ1n) is 11.1. The van der Waals surface area contributed by atoms with Crippen molar-refractivity contribution in [3.63, 3.8) is 0 Å². The number of rotatable bonds is 10. The lowest BCUT2D eigenvalue weighted by Crippen LogP contribution is -2.61. The van der Waals surface area contributed by atoms with E-state index in [-0.39, 0.29) is 45.1 Å². The molecule has 2 fully saturated rings. The summed E-state index contributed by atoms with van der Waals surface area (Å²) in [6, 6.07) is 0. The molecule has 0 aliphatic carbocycles. The van der Waals surface area contributed by atoms with E-state index >= 15 is 0 Å². The highest BCUT2D eigenvalue weighted by Gasteiger charge is 2.52. The fourth-order valence-corrected chi connectivity index (χ4v) is 3.93. The summed E-state index contributed by atoms with van der Waals surface area (Å²) in [5.41, 5.74) is 4.33. The Labute approximate surface area is 204 Å². The molecule has 0 spiro atoms. The number of alkyl halides is 3. The number of nitrogens with zero attached hydrogens (tertiary/aromatic N) is 4. The van der Waals surface area contributed by atoms with Crippen molar-refractivity contribution < 1.29 is 37.3 Å². The molecule has 2 saturated heterocycles. The molecule has 1 aromatic rings. The molecule has 1 aromatic heterocycles. The number of aliphatic hydroxyl groups excluding tert-OH is 1. The number of piperazine rings is 1. The summed E-state index contributed by atoms with van der Waals surface area (Å²) in [6.07, 6.45) is -4.00. The lowest BCUT2D eigenvalue weighted by Gasteiger charge is -2.35. The second-order valence-corrected chi connectivity index (χ2v) is 8.53. The summed E-state index contributed by atoms with van der Waals surface area (Å²) in [7, 11) is 0. The normalized spacial score (nSPS) is 22.1. The Bertz CT molecular complexity index is 842. The van der Waals surface area contributed by atoms with E-state index in [1.165, 1.54) is 12.4 Å². The van der Waals surface area contributed by atoms with Gasteiger partial charge in [-0.1, -0.05) is 11.6 Å². The first-order valence-corrected chi connectivity index (χ1v) is 11.5. The maximum Gasteiger partial charge on any atom is 0.403 e. The number of halogens is 4. The standard InChI is InChI=1S/C20H28ClF3N6O5/c21-13-9-25-19(26-10-13)30-5-3-29(4-6-30)16(32)2-8-34-12-14(1-7-31)35-15-11-27-28-18(33)17(15)20(22,23)24/h9-10,14-15,17,27,31H,1-8,11-12H2,(H,28,33)/t14-,15?,17?/m0/s1. The monoisotopic (exact) mass is 524 g/mol. The number of carbonyl (C=O) groups excluding carboxylic acids is 2. The molecular formula is C20H28ClF3N6O5. The lowest BCUT2D eigenvalue weighted by atomic mass is 9.99. The first-order chi connectivity index (χ1) is 16.7. The average molecular weight is 525 g/mol. The number of carbonyl (C=O) groups is 2. The second kappa shape index (κ2) is 12.6. The number of amides is 2. The zero-order valence-corrected chi connectivity index (χ0v) is 19.6. The lowest BCUT2D eigenvalue weighted by molar-refractivity contribution is -0.221. The molecule has 3 N–H and O–H groups in total. The minimum Gasteiger partial charge on any atom is -0.396 e. The number of aliphatic hydroxyl groups is 1. The van der Waals surface area contributed by atoms with E-state index in [1.807, 2.05) is 10.3 Å². The van der Waals surface area contributed by atoms with Crippen LogP contribution in [0.5, 0.6) is 0 Å². The van der Waals surface area contributed by atoms with Crippen LogP contribution in [-0.4, -0.2) is 103 Å². The van der Waals surface area contributed by atoms with Crippen LogP contribution in [0.4, 0.5) is 19.1 Å². The van der Waals surface area contributed by atoms with Gasteiger partial charge in [-0.2, -0.15) is 13.2 Å². The molecule has 3 atom stereocenters. The van der Waals surface area contributed by atoms with Crippen LogP contribution in [0.2, 0.25) is 5.02 Å². The SMILES string of the molecule is O=C1NNCC(O[C@@H](CCO)COCCC(=O)N2CCN(c3ncc(Cl)cn3)CC2)C1C(F)(F)F. The molecule has 2 aliphatic rings. The summed E-state index contributed by atoms with van der Waals surface area (Å²) >= 11 is 5.80. The Hall–Kier alpha value is -2.26. The highest BCUT2D eigenvalue weighted by molar-refractivity contribution is 6.30. The predicted octanol–water partition coefficient (Wildman–Crippen LogP) is 0.134. The van der Waals surface area contributed by atoms with Crippen molar-refractivity contribution in [2.24, 2.45) is 5.92 Å². The molecule has 196 valence electrons. The van der Waals surface area contributed by atoms with E-state index in [2.05, 4.69) is 15.4 Å². The molecule has 3 rings (SSSR count). The van der Waals surface area contributed by atoms with Crippen molar-refractivity contribution in [3.05, 3.63) is 17.4 Å². The van der Waals surface area contributed by atoms with Crippen LogP contribution in [0.15, 0.2) is 12.4 Å². The smallest absolute Gasteiger partial charge is 0.396 e. The topological polar surface area (TPSA) is 129 Å². The number of anilines is 1. The Kier molecular flexibility index (Phi) is 9.86. The molecule has 0 aromatic carbocycles. The molecule has 11 nitrogen and oxygen atoms in total. The second-order valence-electron chi connectivity index (χ2n) is 8.09. The Morgan fingerprint density at radius 1 is 1.26 bits per heavy atom. The van der Waals surface area contributed by atoms with Gasteiger partial charge in [0.15, 0.2) is 5.92 Å².